The zero-order valence-electron chi connectivity index (χ0n) is 11.2. The van der Waals surface area contributed by atoms with Gasteiger partial charge in [0.25, 0.3) is 0 Å². The van der Waals surface area contributed by atoms with Crippen LogP contribution in [-0.4, -0.2) is 16.5 Å². The molecule has 0 amide bonds. The molecule has 1 N–H and O–H groups in total. The maximum atomic E-state index is 13.4. The minimum absolute atomic E-state index is 0.0499. The summed E-state index contributed by atoms with van der Waals surface area (Å²) in [6.07, 6.45) is 7.53. The smallest absolute Gasteiger partial charge is 0.141 e. The third-order valence-corrected chi connectivity index (χ3v) is 3.03. The van der Waals surface area contributed by atoms with Crippen molar-refractivity contribution in [3.8, 4) is 0 Å². The van der Waals surface area contributed by atoms with Crippen molar-refractivity contribution in [2.45, 2.75) is 26.3 Å². The van der Waals surface area contributed by atoms with Gasteiger partial charge in [0.15, 0.2) is 0 Å². The lowest BCUT2D eigenvalue weighted by Crippen LogP contribution is -2.24. The molecule has 1 atom stereocenters. The predicted molar refractivity (Wildman–Crippen MR) is 73.3 cm³/mol. The van der Waals surface area contributed by atoms with Crippen LogP contribution in [0.5, 0.6) is 0 Å². The summed E-state index contributed by atoms with van der Waals surface area (Å²) >= 11 is 0. The Morgan fingerprint density at radius 2 is 2.11 bits per heavy atom. The topological polar surface area (TPSA) is 37.8 Å². The van der Waals surface area contributed by atoms with E-state index in [1.165, 1.54) is 12.3 Å². The molecule has 2 rings (SSSR count). The van der Waals surface area contributed by atoms with Gasteiger partial charge < -0.3 is 5.32 Å². The average Bonchev–Trinajstić information content (AvgIpc) is 2.41. The van der Waals surface area contributed by atoms with E-state index in [9.17, 15) is 4.39 Å². The Labute approximate surface area is 112 Å². The summed E-state index contributed by atoms with van der Waals surface area (Å²) in [4.78, 5) is 8.04. The summed E-state index contributed by atoms with van der Waals surface area (Å²) in [5, 5.41) is 3.44. The van der Waals surface area contributed by atoms with E-state index in [1.54, 1.807) is 12.4 Å². The fraction of sp³-hybridized carbons (Fsp3) is 0.333. The van der Waals surface area contributed by atoms with Crippen LogP contribution in [0.1, 0.15) is 36.1 Å². The fourth-order valence-corrected chi connectivity index (χ4v) is 2.09. The number of aryl methyl sites for hydroxylation is 1. The summed E-state index contributed by atoms with van der Waals surface area (Å²) in [6.45, 7) is 4.98. The zero-order valence-corrected chi connectivity index (χ0v) is 11.2. The number of hydrogen-bond acceptors (Lipinski definition) is 3. The van der Waals surface area contributed by atoms with Gasteiger partial charge in [-0.05, 0) is 48.7 Å². The number of hydrogen-bond donors (Lipinski definition) is 1. The number of nitrogens with one attached hydrogen (secondary N) is 1. The highest BCUT2D eigenvalue weighted by Gasteiger charge is 2.16. The summed E-state index contributed by atoms with van der Waals surface area (Å²) in [5.41, 5.74) is 3.03. The van der Waals surface area contributed by atoms with Gasteiger partial charge in [-0.1, -0.05) is 6.92 Å². The average molecular weight is 259 g/mol. The first-order valence-corrected chi connectivity index (χ1v) is 6.46. The van der Waals surface area contributed by atoms with E-state index in [0.29, 0.717) is 0 Å². The largest absolute Gasteiger partial charge is 0.306 e. The van der Waals surface area contributed by atoms with Crippen LogP contribution in [0.3, 0.4) is 0 Å². The summed E-state index contributed by atoms with van der Waals surface area (Å²) in [7, 11) is 0. The quantitative estimate of drug-likeness (QED) is 0.897. The molecule has 1 unspecified atom stereocenters. The molecular weight excluding hydrogens is 241 g/mol. The Kier molecular flexibility index (Phi) is 4.58. The van der Waals surface area contributed by atoms with E-state index in [0.717, 1.165) is 29.7 Å². The number of halogens is 1. The van der Waals surface area contributed by atoms with Crippen LogP contribution >= 0.6 is 0 Å². The molecule has 2 aromatic rings. The lowest BCUT2D eigenvalue weighted by molar-refractivity contribution is 0.578. The van der Waals surface area contributed by atoms with E-state index in [-0.39, 0.29) is 11.9 Å². The minimum Gasteiger partial charge on any atom is -0.306 e. The van der Waals surface area contributed by atoms with Crippen molar-refractivity contribution in [1.82, 2.24) is 15.3 Å². The highest BCUT2D eigenvalue weighted by molar-refractivity contribution is 5.34. The lowest BCUT2D eigenvalue weighted by atomic mass is 9.97. The van der Waals surface area contributed by atoms with Crippen LogP contribution in [0.4, 0.5) is 4.39 Å². The molecule has 19 heavy (non-hydrogen) atoms. The molecule has 100 valence electrons. The first-order valence-electron chi connectivity index (χ1n) is 6.46. The Bertz CT molecular complexity index is 542. The van der Waals surface area contributed by atoms with Gasteiger partial charge >= 0.3 is 0 Å². The monoisotopic (exact) mass is 259 g/mol. The number of aromatic nitrogens is 2. The molecule has 0 spiro atoms. The highest BCUT2D eigenvalue weighted by atomic mass is 19.1. The molecule has 0 aliphatic rings. The van der Waals surface area contributed by atoms with Crippen molar-refractivity contribution >= 4 is 0 Å². The maximum absolute atomic E-state index is 13.4. The van der Waals surface area contributed by atoms with Gasteiger partial charge in [0.05, 0.1) is 12.2 Å². The molecule has 0 fully saturated rings. The Morgan fingerprint density at radius 3 is 2.79 bits per heavy atom. The molecule has 0 aliphatic carbocycles. The second-order valence-electron chi connectivity index (χ2n) is 4.56. The van der Waals surface area contributed by atoms with Gasteiger partial charge in [-0.15, -0.1) is 0 Å². The van der Waals surface area contributed by atoms with Crippen LogP contribution in [0.25, 0.3) is 0 Å². The van der Waals surface area contributed by atoms with Gasteiger partial charge in [-0.3, -0.25) is 9.97 Å². The van der Waals surface area contributed by atoms with Crippen molar-refractivity contribution in [1.29, 1.82) is 0 Å². The van der Waals surface area contributed by atoms with E-state index in [4.69, 9.17) is 0 Å². The van der Waals surface area contributed by atoms with Crippen molar-refractivity contribution in [2.24, 2.45) is 0 Å². The van der Waals surface area contributed by atoms with E-state index in [1.807, 2.05) is 19.2 Å². The van der Waals surface area contributed by atoms with Gasteiger partial charge in [-0.25, -0.2) is 4.39 Å². The van der Waals surface area contributed by atoms with Crippen LogP contribution in [0.2, 0.25) is 0 Å². The molecule has 0 bridgehead atoms. The molecule has 0 radical (unpaired) electrons. The number of pyridine rings is 2. The molecule has 0 aromatic carbocycles. The van der Waals surface area contributed by atoms with Crippen LogP contribution in [0.15, 0.2) is 36.9 Å². The Morgan fingerprint density at radius 1 is 1.26 bits per heavy atom. The summed E-state index contributed by atoms with van der Waals surface area (Å²) in [5.74, 6) is -0.312. The minimum atomic E-state index is -0.312. The number of nitrogens with zero attached hydrogens (tertiary/aromatic N) is 2. The van der Waals surface area contributed by atoms with Crippen molar-refractivity contribution in [3.63, 3.8) is 0 Å². The highest BCUT2D eigenvalue weighted by Crippen LogP contribution is 2.24. The molecular formula is C15H18FN3. The Balaban J connectivity index is 2.38. The van der Waals surface area contributed by atoms with E-state index in [2.05, 4.69) is 22.2 Å². The second kappa shape index (κ2) is 6.38. The fourth-order valence-electron chi connectivity index (χ4n) is 2.09. The van der Waals surface area contributed by atoms with Crippen LogP contribution in [-0.2, 0) is 0 Å². The van der Waals surface area contributed by atoms with Crippen molar-refractivity contribution in [2.75, 3.05) is 6.54 Å². The van der Waals surface area contributed by atoms with Gasteiger partial charge in [0, 0.05) is 18.6 Å². The van der Waals surface area contributed by atoms with Gasteiger partial charge in [-0.2, -0.15) is 0 Å². The van der Waals surface area contributed by atoms with Gasteiger partial charge in [0.1, 0.15) is 5.82 Å². The molecule has 4 heteroatoms. The van der Waals surface area contributed by atoms with E-state index >= 15 is 0 Å². The molecule has 0 aliphatic heterocycles. The summed E-state index contributed by atoms with van der Waals surface area (Å²) in [6, 6.07) is 3.44. The molecule has 3 nitrogen and oxygen atoms in total. The maximum Gasteiger partial charge on any atom is 0.141 e. The summed E-state index contributed by atoms with van der Waals surface area (Å²) < 4.78 is 13.4. The van der Waals surface area contributed by atoms with Gasteiger partial charge in [0.2, 0.25) is 0 Å². The normalized spacial score (nSPS) is 12.4. The standard InChI is InChI=1S/C15H18FN3/c1-3-5-19-15(12-7-13(16)10-18-9-12)14-4-6-17-8-11(14)2/h4,6-10,15,19H,3,5H2,1-2H3. The molecule has 0 saturated carbocycles. The third kappa shape index (κ3) is 3.35. The third-order valence-electron chi connectivity index (χ3n) is 3.03. The predicted octanol–water partition coefficient (Wildman–Crippen LogP) is 3.01. The SMILES string of the molecule is CCCNC(c1cncc(F)c1)c1ccncc1C. The molecule has 2 aromatic heterocycles. The first-order chi connectivity index (χ1) is 9.22. The molecule has 2 heterocycles. The lowest BCUT2D eigenvalue weighted by Gasteiger charge is -2.20. The van der Waals surface area contributed by atoms with Crippen molar-refractivity contribution < 1.29 is 4.39 Å². The number of rotatable bonds is 5. The Hall–Kier alpha value is -1.81. The van der Waals surface area contributed by atoms with Crippen LogP contribution < -0.4 is 5.32 Å². The zero-order chi connectivity index (χ0) is 13.7. The van der Waals surface area contributed by atoms with Crippen molar-refractivity contribution in [3.05, 3.63) is 59.4 Å². The molecule has 0 saturated heterocycles. The first kappa shape index (κ1) is 13.6. The van der Waals surface area contributed by atoms with Crippen LogP contribution in [0, 0.1) is 12.7 Å². The second-order valence-corrected chi connectivity index (χ2v) is 4.56. The van der Waals surface area contributed by atoms with E-state index < -0.39 is 0 Å².